The lowest BCUT2D eigenvalue weighted by Crippen LogP contribution is -2.07. The van der Waals surface area contributed by atoms with Crippen LogP contribution in [0, 0.1) is 0 Å². The van der Waals surface area contributed by atoms with Crippen LogP contribution in [0.2, 0.25) is 5.02 Å². The monoisotopic (exact) mass is 307 g/mol. The molecule has 2 heterocycles. The molecule has 0 amide bonds. The summed E-state index contributed by atoms with van der Waals surface area (Å²) in [6.07, 6.45) is 8.94. The van der Waals surface area contributed by atoms with Crippen LogP contribution in [0.25, 0.3) is 5.65 Å². The minimum Gasteiger partial charge on any atom is -0.465 e. The van der Waals surface area contributed by atoms with Crippen molar-refractivity contribution >= 4 is 23.2 Å². The number of aromatic nitrogens is 3. The first-order valence-corrected chi connectivity index (χ1v) is 7.71. The maximum absolute atomic E-state index is 11.7. The van der Waals surface area contributed by atoms with Gasteiger partial charge in [0.25, 0.3) is 0 Å². The highest BCUT2D eigenvalue weighted by Gasteiger charge is 2.22. The van der Waals surface area contributed by atoms with Gasteiger partial charge in [-0.2, -0.15) is 0 Å². The molecule has 2 aromatic heterocycles. The van der Waals surface area contributed by atoms with E-state index in [4.69, 9.17) is 16.3 Å². The Balaban J connectivity index is 2.06. The van der Waals surface area contributed by atoms with E-state index in [1.165, 1.54) is 32.8 Å². The van der Waals surface area contributed by atoms with Crippen LogP contribution in [0.4, 0.5) is 0 Å². The van der Waals surface area contributed by atoms with Gasteiger partial charge in [-0.3, -0.25) is 4.40 Å². The predicted molar refractivity (Wildman–Crippen MR) is 79.8 cm³/mol. The van der Waals surface area contributed by atoms with Crippen molar-refractivity contribution in [2.24, 2.45) is 0 Å². The number of carbonyl (C=O) groups excluding carboxylic acids is 1. The molecule has 1 aliphatic carbocycles. The molecule has 0 aromatic carbocycles. The summed E-state index contributed by atoms with van der Waals surface area (Å²) in [6.45, 7) is 0. The van der Waals surface area contributed by atoms with Gasteiger partial charge >= 0.3 is 5.97 Å². The van der Waals surface area contributed by atoms with Crippen LogP contribution >= 0.6 is 11.6 Å². The molecule has 0 atom stereocenters. The second kappa shape index (κ2) is 6.02. The molecule has 2 aromatic rings. The summed E-state index contributed by atoms with van der Waals surface area (Å²) in [5.74, 6) is 0.880. The number of rotatable bonds is 2. The van der Waals surface area contributed by atoms with Crippen molar-refractivity contribution in [2.45, 2.75) is 44.4 Å². The molecule has 5 nitrogen and oxygen atoms in total. The molecular formula is C15H18ClN3O2. The van der Waals surface area contributed by atoms with Gasteiger partial charge in [0.2, 0.25) is 0 Å². The summed E-state index contributed by atoms with van der Waals surface area (Å²) in [4.78, 5) is 11.7. The van der Waals surface area contributed by atoms with Crippen LogP contribution in [0.5, 0.6) is 0 Å². The highest BCUT2D eigenvalue weighted by Crippen LogP contribution is 2.32. The van der Waals surface area contributed by atoms with Gasteiger partial charge in [-0.05, 0) is 18.9 Å². The maximum atomic E-state index is 11.7. The van der Waals surface area contributed by atoms with Crippen molar-refractivity contribution in [1.82, 2.24) is 14.6 Å². The number of fused-ring (bicyclic) bond motifs is 1. The topological polar surface area (TPSA) is 56.5 Å². The van der Waals surface area contributed by atoms with Crippen molar-refractivity contribution in [3.05, 3.63) is 28.7 Å². The summed E-state index contributed by atoms with van der Waals surface area (Å²) < 4.78 is 6.62. The molecule has 21 heavy (non-hydrogen) atoms. The third-order valence-electron chi connectivity index (χ3n) is 4.13. The summed E-state index contributed by atoms with van der Waals surface area (Å²) >= 11 is 6.22. The van der Waals surface area contributed by atoms with Gasteiger partial charge in [0.05, 0.1) is 17.7 Å². The predicted octanol–water partition coefficient (Wildman–Crippen LogP) is 3.61. The van der Waals surface area contributed by atoms with Crippen LogP contribution in [-0.4, -0.2) is 27.7 Å². The van der Waals surface area contributed by atoms with Crippen LogP contribution in [0.1, 0.15) is 60.6 Å². The van der Waals surface area contributed by atoms with E-state index in [1.54, 1.807) is 12.3 Å². The number of methoxy groups -OCH3 is 1. The highest BCUT2D eigenvalue weighted by molar-refractivity contribution is 6.33. The largest absolute Gasteiger partial charge is 0.465 e. The molecule has 1 saturated carbocycles. The Hall–Kier alpha value is -1.62. The molecule has 0 unspecified atom stereocenters. The van der Waals surface area contributed by atoms with Crippen LogP contribution in [-0.2, 0) is 4.74 Å². The van der Waals surface area contributed by atoms with Crippen molar-refractivity contribution in [3.63, 3.8) is 0 Å². The number of nitrogens with zero attached hydrogens (tertiary/aromatic N) is 3. The summed E-state index contributed by atoms with van der Waals surface area (Å²) in [5, 5.41) is 8.92. The van der Waals surface area contributed by atoms with Crippen molar-refractivity contribution in [2.75, 3.05) is 7.11 Å². The van der Waals surface area contributed by atoms with Crippen molar-refractivity contribution < 1.29 is 9.53 Å². The SMILES string of the molecule is COC(=O)c1cc(Cl)c2nnc(C3CCCCCC3)n2c1. The molecule has 6 heteroatoms. The number of halogens is 1. The van der Waals surface area contributed by atoms with Crippen LogP contribution < -0.4 is 0 Å². The van der Waals surface area contributed by atoms with E-state index >= 15 is 0 Å². The summed E-state index contributed by atoms with van der Waals surface area (Å²) in [6, 6.07) is 1.58. The first kappa shape index (κ1) is 14.3. The summed E-state index contributed by atoms with van der Waals surface area (Å²) in [5.41, 5.74) is 1.02. The smallest absolute Gasteiger partial charge is 0.339 e. The molecular weight excluding hydrogens is 290 g/mol. The van der Waals surface area contributed by atoms with E-state index in [0.29, 0.717) is 22.2 Å². The first-order chi connectivity index (χ1) is 10.2. The van der Waals surface area contributed by atoms with E-state index < -0.39 is 5.97 Å². The second-order valence-corrected chi connectivity index (χ2v) is 5.92. The fourth-order valence-electron chi connectivity index (χ4n) is 3.02. The zero-order chi connectivity index (χ0) is 14.8. The van der Waals surface area contributed by atoms with Crippen LogP contribution in [0.3, 0.4) is 0 Å². The quantitative estimate of drug-likeness (QED) is 0.628. The lowest BCUT2D eigenvalue weighted by molar-refractivity contribution is 0.0600. The highest BCUT2D eigenvalue weighted by atomic mass is 35.5. The molecule has 0 aliphatic heterocycles. The fourth-order valence-corrected chi connectivity index (χ4v) is 3.26. The minimum atomic E-state index is -0.403. The molecule has 0 radical (unpaired) electrons. The molecule has 0 bridgehead atoms. The second-order valence-electron chi connectivity index (χ2n) is 5.51. The van der Waals surface area contributed by atoms with Gasteiger partial charge in [-0.15, -0.1) is 10.2 Å². The molecule has 0 spiro atoms. The molecule has 0 saturated heterocycles. The maximum Gasteiger partial charge on any atom is 0.339 e. The molecule has 0 N–H and O–H groups in total. The van der Waals surface area contributed by atoms with Gasteiger partial charge in [-0.1, -0.05) is 37.3 Å². The average Bonchev–Trinajstić information content (AvgIpc) is 2.74. The number of esters is 1. The standard InChI is InChI=1S/C15H18ClN3O2/c1-21-15(20)11-8-12(16)14-18-17-13(19(14)9-11)10-6-4-2-3-5-7-10/h8-10H,2-7H2,1H3. The third-order valence-corrected chi connectivity index (χ3v) is 4.41. The molecule has 1 aliphatic rings. The van der Waals surface area contributed by atoms with Gasteiger partial charge in [-0.25, -0.2) is 4.79 Å². The number of ether oxygens (including phenoxy) is 1. The number of hydrogen-bond acceptors (Lipinski definition) is 4. The number of hydrogen-bond donors (Lipinski definition) is 0. The Morgan fingerprint density at radius 1 is 1.29 bits per heavy atom. The Kier molecular flexibility index (Phi) is 4.10. The first-order valence-electron chi connectivity index (χ1n) is 7.33. The lowest BCUT2D eigenvalue weighted by Gasteiger charge is -2.12. The minimum absolute atomic E-state index is 0.381. The molecule has 3 rings (SSSR count). The Bertz CT molecular complexity index is 660. The van der Waals surface area contributed by atoms with E-state index in [0.717, 1.165) is 18.7 Å². The molecule has 1 fully saturated rings. The fraction of sp³-hybridized carbons (Fsp3) is 0.533. The number of carbonyl (C=O) groups is 1. The van der Waals surface area contributed by atoms with Crippen molar-refractivity contribution in [3.8, 4) is 0 Å². The van der Waals surface area contributed by atoms with E-state index in [2.05, 4.69) is 10.2 Å². The van der Waals surface area contributed by atoms with Crippen LogP contribution in [0.15, 0.2) is 12.3 Å². The molecule has 112 valence electrons. The third kappa shape index (κ3) is 2.75. The van der Waals surface area contributed by atoms with Gasteiger partial charge in [0.15, 0.2) is 5.65 Å². The Morgan fingerprint density at radius 2 is 2.00 bits per heavy atom. The van der Waals surface area contributed by atoms with E-state index in [1.807, 2.05) is 4.40 Å². The lowest BCUT2D eigenvalue weighted by atomic mass is 9.99. The zero-order valence-electron chi connectivity index (χ0n) is 12.0. The average molecular weight is 308 g/mol. The van der Waals surface area contributed by atoms with Gasteiger partial charge in [0.1, 0.15) is 5.82 Å². The van der Waals surface area contributed by atoms with Gasteiger partial charge < -0.3 is 4.74 Å². The van der Waals surface area contributed by atoms with E-state index in [-0.39, 0.29) is 0 Å². The van der Waals surface area contributed by atoms with Crippen molar-refractivity contribution in [1.29, 1.82) is 0 Å². The summed E-state index contributed by atoms with van der Waals surface area (Å²) in [7, 11) is 1.36. The Morgan fingerprint density at radius 3 is 2.67 bits per heavy atom. The normalized spacial score (nSPS) is 16.9. The number of pyridine rings is 1. The van der Waals surface area contributed by atoms with E-state index in [9.17, 15) is 4.79 Å². The Labute approximate surface area is 128 Å². The van der Waals surface area contributed by atoms with Gasteiger partial charge in [0, 0.05) is 12.1 Å². The zero-order valence-corrected chi connectivity index (χ0v) is 12.8.